The molecule has 2 amide bonds. The molecular formula is C17H23ClN2O2. The van der Waals surface area contributed by atoms with Crippen LogP contribution in [-0.2, 0) is 9.59 Å². The predicted octanol–water partition coefficient (Wildman–Crippen LogP) is 3.12. The van der Waals surface area contributed by atoms with E-state index in [4.69, 9.17) is 11.6 Å². The Kier molecular flexibility index (Phi) is 4.81. The van der Waals surface area contributed by atoms with E-state index in [2.05, 4.69) is 0 Å². The average Bonchev–Trinajstić information content (AvgIpc) is 2.45. The zero-order valence-electron chi connectivity index (χ0n) is 13.6. The Morgan fingerprint density at radius 1 is 1.14 bits per heavy atom. The van der Waals surface area contributed by atoms with Crippen LogP contribution in [-0.4, -0.2) is 41.2 Å². The molecule has 1 heterocycles. The van der Waals surface area contributed by atoms with Crippen LogP contribution in [0.25, 0.3) is 0 Å². The first-order valence-corrected chi connectivity index (χ1v) is 7.90. The topological polar surface area (TPSA) is 40.6 Å². The summed E-state index contributed by atoms with van der Waals surface area (Å²) in [5, 5.41) is 0.663. The summed E-state index contributed by atoms with van der Waals surface area (Å²) in [6, 6.07) is 7.37. The van der Waals surface area contributed by atoms with Gasteiger partial charge in [0, 0.05) is 37.0 Å². The summed E-state index contributed by atoms with van der Waals surface area (Å²) in [4.78, 5) is 28.1. The Balaban J connectivity index is 2.27. The molecule has 1 aliphatic heterocycles. The van der Waals surface area contributed by atoms with E-state index in [9.17, 15) is 9.59 Å². The molecule has 0 aliphatic carbocycles. The Labute approximate surface area is 137 Å². The lowest BCUT2D eigenvalue weighted by atomic mass is 9.93. The minimum absolute atomic E-state index is 0.0304. The van der Waals surface area contributed by atoms with E-state index < -0.39 is 5.41 Å². The highest BCUT2D eigenvalue weighted by Crippen LogP contribution is 2.29. The molecule has 1 aromatic rings. The van der Waals surface area contributed by atoms with E-state index >= 15 is 0 Å². The first-order chi connectivity index (χ1) is 10.2. The van der Waals surface area contributed by atoms with Gasteiger partial charge in [-0.1, -0.05) is 44.5 Å². The second kappa shape index (κ2) is 6.29. The van der Waals surface area contributed by atoms with E-state index in [0.29, 0.717) is 24.7 Å². The summed E-state index contributed by atoms with van der Waals surface area (Å²) >= 11 is 5.94. The molecule has 22 heavy (non-hydrogen) atoms. The number of carbonyl (C=O) groups excluding carboxylic acids is 2. The van der Waals surface area contributed by atoms with Gasteiger partial charge in [0.1, 0.15) is 0 Å². The van der Waals surface area contributed by atoms with Crippen molar-refractivity contribution in [2.24, 2.45) is 5.41 Å². The minimum atomic E-state index is -0.414. The van der Waals surface area contributed by atoms with E-state index in [1.807, 2.05) is 54.8 Å². The number of amides is 2. The second-order valence-electron chi connectivity index (χ2n) is 6.78. The highest BCUT2D eigenvalue weighted by molar-refractivity contribution is 6.30. The Morgan fingerprint density at radius 2 is 1.73 bits per heavy atom. The van der Waals surface area contributed by atoms with Gasteiger partial charge < -0.3 is 9.80 Å². The van der Waals surface area contributed by atoms with Gasteiger partial charge in [-0.3, -0.25) is 9.59 Å². The number of carbonyl (C=O) groups is 2. The van der Waals surface area contributed by atoms with E-state index in [1.54, 1.807) is 6.92 Å². The van der Waals surface area contributed by atoms with Crippen LogP contribution in [0.15, 0.2) is 24.3 Å². The molecular weight excluding hydrogens is 300 g/mol. The summed E-state index contributed by atoms with van der Waals surface area (Å²) in [6.45, 7) is 9.00. The molecule has 0 saturated carbocycles. The number of piperazine rings is 1. The molecule has 1 atom stereocenters. The van der Waals surface area contributed by atoms with Crippen LogP contribution in [0.3, 0.4) is 0 Å². The highest BCUT2D eigenvalue weighted by atomic mass is 35.5. The lowest BCUT2D eigenvalue weighted by molar-refractivity contribution is -0.147. The number of rotatable bonds is 1. The van der Waals surface area contributed by atoms with Crippen molar-refractivity contribution in [3.05, 3.63) is 34.9 Å². The molecule has 2 rings (SSSR count). The van der Waals surface area contributed by atoms with Crippen LogP contribution in [0.4, 0.5) is 0 Å². The van der Waals surface area contributed by atoms with Gasteiger partial charge in [-0.25, -0.2) is 0 Å². The second-order valence-corrected chi connectivity index (χ2v) is 7.22. The fourth-order valence-electron chi connectivity index (χ4n) is 2.79. The van der Waals surface area contributed by atoms with Gasteiger partial charge in [-0.05, 0) is 17.7 Å². The fraction of sp³-hybridized carbons (Fsp3) is 0.529. The van der Waals surface area contributed by atoms with Crippen LogP contribution < -0.4 is 0 Å². The maximum Gasteiger partial charge on any atom is 0.228 e. The summed E-state index contributed by atoms with van der Waals surface area (Å²) in [6.07, 6.45) is 0. The number of hydrogen-bond donors (Lipinski definition) is 0. The van der Waals surface area contributed by atoms with Crippen molar-refractivity contribution in [3.8, 4) is 0 Å². The largest absolute Gasteiger partial charge is 0.338 e. The molecule has 0 aromatic heterocycles. The summed E-state index contributed by atoms with van der Waals surface area (Å²) in [5.74, 6) is 0.150. The summed E-state index contributed by atoms with van der Waals surface area (Å²) < 4.78 is 0. The first kappa shape index (κ1) is 16.8. The Bertz CT molecular complexity index is 563. The van der Waals surface area contributed by atoms with E-state index in [1.165, 1.54) is 0 Å². The monoisotopic (exact) mass is 322 g/mol. The van der Waals surface area contributed by atoms with Crippen LogP contribution in [0.5, 0.6) is 0 Å². The molecule has 1 saturated heterocycles. The van der Waals surface area contributed by atoms with Crippen molar-refractivity contribution in [2.75, 3.05) is 19.6 Å². The molecule has 120 valence electrons. The lowest BCUT2D eigenvalue weighted by Gasteiger charge is -2.43. The summed E-state index contributed by atoms with van der Waals surface area (Å²) in [5.41, 5.74) is 0.592. The molecule has 1 aliphatic rings. The van der Waals surface area contributed by atoms with Gasteiger partial charge in [0.15, 0.2) is 0 Å². The fourth-order valence-corrected chi connectivity index (χ4v) is 2.91. The van der Waals surface area contributed by atoms with E-state index in [0.717, 1.165) is 5.56 Å². The third kappa shape index (κ3) is 3.61. The maximum absolute atomic E-state index is 12.5. The molecule has 0 bridgehead atoms. The van der Waals surface area contributed by atoms with Gasteiger partial charge in [-0.15, -0.1) is 0 Å². The third-order valence-electron chi connectivity index (χ3n) is 3.97. The zero-order valence-corrected chi connectivity index (χ0v) is 14.4. The Hall–Kier alpha value is -1.55. The van der Waals surface area contributed by atoms with Crippen LogP contribution in [0, 0.1) is 5.41 Å². The van der Waals surface area contributed by atoms with Crippen molar-refractivity contribution in [1.29, 1.82) is 0 Å². The average molecular weight is 323 g/mol. The third-order valence-corrected chi connectivity index (χ3v) is 4.22. The van der Waals surface area contributed by atoms with Crippen LogP contribution in [0.2, 0.25) is 5.02 Å². The number of halogens is 1. The minimum Gasteiger partial charge on any atom is -0.338 e. The van der Waals surface area contributed by atoms with Gasteiger partial charge in [0.25, 0.3) is 0 Å². The van der Waals surface area contributed by atoms with Crippen molar-refractivity contribution in [3.63, 3.8) is 0 Å². The number of benzene rings is 1. The molecule has 1 fully saturated rings. The van der Waals surface area contributed by atoms with Gasteiger partial charge in [-0.2, -0.15) is 0 Å². The summed E-state index contributed by atoms with van der Waals surface area (Å²) in [7, 11) is 0. The molecule has 5 heteroatoms. The number of nitrogens with zero attached hydrogens (tertiary/aromatic N) is 2. The zero-order chi connectivity index (χ0) is 16.5. The van der Waals surface area contributed by atoms with Crippen molar-refractivity contribution >= 4 is 23.4 Å². The molecule has 4 nitrogen and oxygen atoms in total. The smallest absolute Gasteiger partial charge is 0.228 e. The number of hydrogen-bond acceptors (Lipinski definition) is 2. The van der Waals surface area contributed by atoms with Gasteiger partial charge in [0.05, 0.1) is 6.04 Å². The van der Waals surface area contributed by atoms with Crippen molar-refractivity contribution < 1.29 is 9.59 Å². The van der Waals surface area contributed by atoms with Gasteiger partial charge >= 0.3 is 0 Å². The van der Waals surface area contributed by atoms with Crippen LogP contribution in [0.1, 0.15) is 39.3 Å². The highest BCUT2D eigenvalue weighted by Gasteiger charge is 2.35. The Morgan fingerprint density at radius 3 is 2.23 bits per heavy atom. The molecule has 0 spiro atoms. The lowest BCUT2D eigenvalue weighted by Crippen LogP contribution is -2.54. The maximum atomic E-state index is 12.5. The van der Waals surface area contributed by atoms with E-state index in [-0.39, 0.29) is 17.9 Å². The standard InChI is InChI=1S/C17H23ClN2O2/c1-12(21)20-10-9-19(16(22)17(2,3)4)11-15(20)13-5-7-14(18)8-6-13/h5-8,15H,9-11H2,1-4H3. The van der Waals surface area contributed by atoms with Gasteiger partial charge in [0.2, 0.25) is 11.8 Å². The normalized spacial score (nSPS) is 19.2. The van der Waals surface area contributed by atoms with Crippen molar-refractivity contribution in [2.45, 2.75) is 33.7 Å². The quantitative estimate of drug-likeness (QED) is 0.797. The first-order valence-electron chi connectivity index (χ1n) is 7.52. The SMILES string of the molecule is CC(=O)N1CCN(C(=O)C(C)(C)C)CC1c1ccc(Cl)cc1. The van der Waals surface area contributed by atoms with Crippen LogP contribution >= 0.6 is 11.6 Å². The molecule has 1 unspecified atom stereocenters. The molecule has 0 N–H and O–H groups in total. The molecule has 0 radical (unpaired) electrons. The molecule has 1 aromatic carbocycles. The predicted molar refractivity (Wildman–Crippen MR) is 87.6 cm³/mol. The van der Waals surface area contributed by atoms with Crippen molar-refractivity contribution in [1.82, 2.24) is 9.80 Å².